The summed E-state index contributed by atoms with van der Waals surface area (Å²) < 4.78 is 30.8. The average molecular weight is 471 g/mol. The minimum Gasteiger partial charge on any atom is -0.294 e. The van der Waals surface area contributed by atoms with Gasteiger partial charge in [0.15, 0.2) is 0 Å². The first-order valence-corrected chi connectivity index (χ1v) is 12.5. The van der Waals surface area contributed by atoms with E-state index in [2.05, 4.69) is 0 Å². The number of hydrogen-bond acceptors (Lipinski definition) is 4. The Labute approximate surface area is 189 Å². The van der Waals surface area contributed by atoms with E-state index in [-0.39, 0.29) is 15.8 Å². The highest BCUT2D eigenvalue weighted by molar-refractivity contribution is 7.93. The third-order valence-electron chi connectivity index (χ3n) is 5.60. The molecule has 0 spiro atoms. The Bertz CT molecular complexity index is 1460. The van der Waals surface area contributed by atoms with Crippen LogP contribution in [0, 0.1) is 0 Å². The lowest BCUT2D eigenvalue weighted by Gasteiger charge is -2.24. The van der Waals surface area contributed by atoms with Crippen LogP contribution in [-0.4, -0.2) is 19.0 Å². The second-order valence-corrected chi connectivity index (χ2v) is 10.9. The van der Waals surface area contributed by atoms with Crippen LogP contribution < -0.4 is 9.18 Å². The minimum absolute atomic E-state index is 0.126. The lowest BCUT2D eigenvalue weighted by atomic mass is 10.1. The second kappa shape index (κ2) is 7.51. The van der Waals surface area contributed by atoms with Crippen molar-refractivity contribution in [2.75, 3.05) is 4.31 Å². The van der Waals surface area contributed by atoms with Crippen LogP contribution in [-0.2, 0) is 23.0 Å². The quantitative estimate of drug-likeness (QED) is 0.426. The van der Waals surface area contributed by atoms with Gasteiger partial charge in [-0.25, -0.2) is 8.42 Å². The predicted octanol–water partition coefficient (Wildman–Crippen LogP) is 4.90. The number of anilines is 1. The molecule has 1 aromatic heterocycles. The van der Waals surface area contributed by atoms with Gasteiger partial charge in [-0.3, -0.25) is 13.7 Å². The first-order valence-electron chi connectivity index (χ1n) is 9.85. The molecule has 8 heteroatoms. The van der Waals surface area contributed by atoms with Gasteiger partial charge in [0.1, 0.15) is 0 Å². The van der Waals surface area contributed by atoms with E-state index in [1.54, 1.807) is 34.9 Å². The van der Waals surface area contributed by atoms with Crippen LogP contribution in [0.3, 0.4) is 0 Å². The number of sulfonamides is 1. The standard InChI is InChI=1S/C23H19ClN2O3S2/c1-15-12-17-4-2-3-5-20(17)26(15)31(28,29)19-10-11-21-22(13-19)30-23(27)25(21)14-16-6-8-18(24)9-7-16/h2-11,13,15H,12,14H2,1H3/t15-/m0/s1. The van der Waals surface area contributed by atoms with E-state index in [4.69, 9.17) is 11.6 Å². The molecule has 3 aromatic carbocycles. The molecule has 0 unspecified atom stereocenters. The van der Waals surface area contributed by atoms with Crippen molar-refractivity contribution in [1.82, 2.24) is 4.57 Å². The fourth-order valence-corrected chi connectivity index (χ4v) is 7.00. The molecule has 0 N–H and O–H groups in total. The maximum absolute atomic E-state index is 13.5. The van der Waals surface area contributed by atoms with Crippen LogP contribution in [0.4, 0.5) is 5.69 Å². The van der Waals surface area contributed by atoms with Crippen molar-refractivity contribution in [2.24, 2.45) is 0 Å². The molecule has 1 atom stereocenters. The molecule has 2 heterocycles. The van der Waals surface area contributed by atoms with E-state index in [9.17, 15) is 13.2 Å². The first-order chi connectivity index (χ1) is 14.8. The SMILES string of the molecule is C[C@H]1Cc2ccccc2N1S(=O)(=O)c1ccc2c(c1)sc(=O)n2Cc1ccc(Cl)cc1. The van der Waals surface area contributed by atoms with Gasteiger partial charge in [0.2, 0.25) is 0 Å². The van der Waals surface area contributed by atoms with Crippen LogP contribution >= 0.6 is 22.9 Å². The molecule has 0 fully saturated rings. The fraction of sp³-hybridized carbons (Fsp3) is 0.174. The van der Waals surface area contributed by atoms with Crippen molar-refractivity contribution in [3.05, 3.63) is 92.5 Å². The Morgan fingerprint density at radius 1 is 1.06 bits per heavy atom. The van der Waals surface area contributed by atoms with Crippen LogP contribution in [0.1, 0.15) is 18.1 Å². The van der Waals surface area contributed by atoms with Gasteiger partial charge in [0.25, 0.3) is 10.0 Å². The van der Waals surface area contributed by atoms with E-state index in [1.165, 1.54) is 4.31 Å². The Morgan fingerprint density at radius 2 is 1.81 bits per heavy atom. The molecule has 158 valence electrons. The molecule has 4 aromatic rings. The summed E-state index contributed by atoms with van der Waals surface area (Å²) in [7, 11) is -3.75. The van der Waals surface area contributed by atoms with Gasteiger partial charge >= 0.3 is 4.87 Å². The number of aromatic nitrogens is 1. The molecule has 1 aliphatic heterocycles. The zero-order chi connectivity index (χ0) is 21.8. The van der Waals surface area contributed by atoms with Crippen LogP contribution in [0.5, 0.6) is 0 Å². The van der Waals surface area contributed by atoms with Gasteiger partial charge in [0, 0.05) is 11.1 Å². The van der Waals surface area contributed by atoms with Gasteiger partial charge in [-0.15, -0.1) is 0 Å². The Balaban J connectivity index is 1.55. The summed E-state index contributed by atoms with van der Waals surface area (Å²) in [6.45, 7) is 2.32. The zero-order valence-corrected chi connectivity index (χ0v) is 19.0. The average Bonchev–Trinajstić information content (AvgIpc) is 3.25. The Hall–Kier alpha value is -2.61. The summed E-state index contributed by atoms with van der Waals surface area (Å²) in [5, 5.41) is 0.638. The molecule has 0 saturated heterocycles. The van der Waals surface area contributed by atoms with E-state index in [0.717, 1.165) is 33.7 Å². The van der Waals surface area contributed by atoms with E-state index in [1.807, 2.05) is 43.3 Å². The van der Waals surface area contributed by atoms with E-state index >= 15 is 0 Å². The van der Waals surface area contributed by atoms with Crippen LogP contribution in [0.15, 0.2) is 76.4 Å². The molecule has 0 bridgehead atoms. The highest BCUT2D eigenvalue weighted by Crippen LogP contribution is 2.37. The summed E-state index contributed by atoms with van der Waals surface area (Å²) >= 11 is 7.01. The number of rotatable bonds is 4. The van der Waals surface area contributed by atoms with Gasteiger partial charge in [-0.1, -0.05) is 53.3 Å². The summed E-state index contributed by atoms with van der Waals surface area (Å²) in [6, 6.07) is 19.7. The highest BCUT2D eigenvalue weighted by Gasteiger charge is 2.36. The summed E-state index contributed by atoms with van der Waals surface area (Å²) in [5.74, 6) is 0. The predicted molar refractivity (Wildman–Crippen MR) is 126 cm³/mol. The number of halogens is 1. The molecule has 5 nitrogen and oxygen atoms in total. The third-order valence-corrected chi connectivity index (χ3v) is 8.71. The largest absolute Gasteiger partial charge is 0.308 e. The molecule has 0 saturated carbocycles. The third kappa shape index (κ3) is 3.46. The summed E-state index contributed by atoms with van der Waals surface area (Å²) in [6.07, 6.45) is 0.683. The second-order valence-electron chi connectivity index (χ2n) is 7.69. The van der Waals surface area contributed by atoms with Gasteiger partial charge in [0.05, 0.1) is 27.3 Å². The molecule has 0 amide bonds. The monoisotopic (exact) mass is 470 g/mol. The molecule has 0 aliphatic carbocycles. The van der Waals surface area contributed by atoms with Gasteiger partial charge in [-0.2, -0.15) is 0 Å². The molecular formula is C23H19ClN2O3S2. The number of benzene rings is 3. The van der Waals surface area contributed by atoms with Crippen LogP contribution in [0.2, 0.25) is 5.02 Å². The number of fused-ring (bicyclic) bond motifs is 2. The smallest absolute Gasteiger partial charge is 0.294 e. The van der Waals surface area contributed by atoms with E-state index < -0.39 is 10.0 Å². The van der Waals surface area contributed by atoms with Crippen molar-refractivity contribution >= 4 is 48.9 Å². The lowest BCUT2D eigenvalue weighted by Crippen LogP contribution is -2.35. The molecule has 0 radical (unpaired) electrons. The van der Waals surface area contributed by atoms with Crippen molar-refractivity contribution in [3.8, 4) is 0 Å². The number of para-hydroxylation sites is 1. The fourth-order valence-electron chi connectivity index (χ4n) is 4.15. The normalized spacial score (nSPS) is 16.1. The topological polar surface area (TPSA) is 59.4 Å². The highest BCUT2D eigenvalue weighted by atomic mass is 35.5. The van der Waals surface area contributed by atoms with E-state index in [0.29, 0.717) is 22.7 Å². The van der Waals surface area contributed by atoms with Crippen molar-refractivity contribution in [2.45, 2.75) is 30.8 Å². The maximum Gasteiger partial charge on any atom is 0.308 e. The maximum atomic E-state index is 13.5. The number of thiazole rings is 1. The van der Waals surface area contributed by atoms with Gasteiger partial charge < -0.3 is 0 Å². The Morgan fingerprint density at radius 3 is 2.58 bits per heavy atom. The van der Waals surface area contributed by atoms with Crippen molar-refractivity contribution < 1.29 is 8.42 Å². The molecule has 1 aliphatic rings. The number of nitrogens with zero attached hydrogens (tertiary/aromatic N) is 2. The summed E-state index contributed by atoms with van der Waals surface area (Å²) in [5.41, 5.74) is 3.42. The molecule has 5 rings (SSSR count). The molecular weight excluding hydrogens is 452 g/mol. The lowest BCUT2D eigenvalue weighted by molar-refractivity contribution is 0.584. The van der Waals surface area contributed by atoms with Crippen molar-refractivity contribution in [1.29, 1.82) is 0 Å². The van der Waals surface area contributed by atoms with Crippen molar-refractivity contribution in [3.63, 3.8) is 0 Å². The van der Waals surface area contributed by atoms with Gasteiger partial charge in [-0.05, 0) is 60.9 Å². The zero-order valence-electron chi connectivity index (χ0n) is 16.7. The Kier molecular flexibility index (Phi) is 4.92. The first kappa shape index (κ1) is 20.3. The van der Waals surface area contributed by atoms with Crippen LogP contribution in [0.25, 0.3) is 10.2 Å². The minimum atomic E-state index is -3.75. The number of hydrogen-bond donors (Lipinski definition) is 0. The summed E-state index contributed by atoms with van der Waals surface area (Å²) in [4.78, 5) is 12.7. The molecule has 31 heavy (non-hydrogen) atoms.